The summed E-state index contributed by atoms with van der Waals surface area (Å²) < 4.78 is 19.6. The minimum Gasteiger partial charge on any atom is -0.494 e. The van der Waals surface area contributed by atoms with Gasteiger partial charge in [0.1, 0.15) is 11.6 Å². The van der Waals surface area contributed by atoms with Crippen molar-refractivity contribution in [3.05, 3.63) is 59.4 Å². The van der Waals surface area contributed by atoms with Gasteiger partial charge in [0.15, 0.2) is 5.78 Å². The van der Waals surface area contributed by atoms with Crippen molar-refractivity contribution >= 4 is 23.5 Å². The number of thioether (sulfide) groups is 1. The first kappa shape index (κ1) is 22.3. The van der Waals surface area contributed by atoms with E-state index in [9.17, 15) is 14.0 Å². The molecule has 1 amide bonds. The number of carbonyl (C=O) groups is 2. The van der Waals surface area contributed by atoms with Gasteiger partial charge in [-0.2, -0.15) is 0 Å². The third kappa shape index (κ3) is 6.06. The Kier molecular flexibility index (Phi) is 7.87. The van der Waals surface area contributed by atoms with E-state index in [0.29, 0.717) is 30.2 Å². The van der Waals surface area contributed by atoms with Gasteiger partial charge >= 0.3 is 0 Å². The van der Waals surface area contributed by atoms with E-state index >= 15 is 0 Å². The van der Waals surface area contributed by atoms with Crippen LogP contribution in [0.4, 0.5) is 4.39 Å². The second-order valence-electron chi connectivity index (χ2n) is 7.22. The molecular formula is C23H27FN2O3S. The van der Waals surface area contributed by atoms with Crippen molar-refractivity contribution in [3.8, 4) is 5.75 Å². The van der Waals surface area contributed by atoms with E-state index in [-0.39, 0.29) is 17.4 Å². The summed E-state index contributed by atoms with van der Waals surface area (Å²) in [6, 6.07) is 12.5. The number of nitrogens with zero attached hydrogens (tertiary/aromatic N) is 2. The van der Waals surface area contributed by atoms with Crippen LogP contribution >= 0.6 is 11.8 Å². The second-order valence-corrected chi connectivity index (χ2v) is 8.24. The SMILES string of the molecule is CCOc1ccc(CN2CCN(C(=O)CSc3ccc(C(C)=O)cc3F)CC2)cc1. The van der Waals surface area contributed by atoms with Gasteiger partial charge in [-0.25, -0.2) is 4.39 Å². The molecule has 0 unspecified atom stereocenters. The first-order valence-electron chi connectivity index (χ1n) is 10.1. The Morgan fingerprint density at radius 3 is 2.37 bits per heavy atom. The van der Waals surface area contributed by atoms with Crippen LogP contribution in [-0.4, -0.2) is 60.0 Å². The Morgan fingerprint density at radius 1 is 1.07 bits per heavy atom. The highest BCUT2D eigenvalue weighted by Gasteiger charge is 2.21. The minimum absolute atomic E-state index is 0.00996. The summed E-state index contributed by atoms with van der Waals surface area (Å²) in [6.45, 7) is 7.83. The Morgan fingerprint density at radius 2 is 1.77 bits per heavy atom. The Hall–Kier alpha value is -2.38. The van der Waals surface area contributed by atoms with Crippen LogP contribution in [0.5, 0.6) is 5.75 Å². The first-order valence-corrected chi connectivity index (χ1v) is 11.1. The minimum atomic E-state index is -0.458. The fourth-order valence-corrected chi connectivity index (χ4v) is 4.16. The number of benzene rings is 2. The van der Waals surface area contributed by atoms with E-state index in [1.54, 1.807) is 12.1 Å². The molecule has 1 aliphatic rings. The molecule has 1 heterocycles. The molecule has 3 rings (SSSR count). The lowest BCUT2D eigenvalue weighted by Gasteiger charge is -2.34. The van der Waals surface area contributed by atoms with Gasteiger partial charge in [0.2, 0.25) is 5.91 Å². The van der Waals surface area contributed by atoms with Crippen LogP contribution in [0.3, 0.4) is 0 Å². The Labute approximate surface area is 181 Å². The maximum Gasteiger partial charge on any atom is 0.233 e. The molecule has 0 aliphatic carbocycles. The van der Waals surface area contributed by atoms with Crippen LogP contribution in [0.25, 0.3) is 0 Å². The Balaban J connectivity index is 1.44. The average Bonchev–Trinajstić information content (AvgIpc) is 2.74. The molecule has 0 N–H and O–H groups in total. The normalized spacial score (nSPS) is 14.6. The molecule has 2 aromatic rings. The smallest absolute Gasteiger partial charge is 0.233 e. The van der Waals surface area contributed by atoms with Gasteiger partial charge < -0.3 is 9.64 Å². The van der Waals surface area contributed by atoms with Crippen LogP contribution < -0.4 is 4.74 Å². The zero-order valence-corrected chi connectivity index (χ0v) is 18.2. The molecule has 0 bridgehead atoms. The molecule has 7 heteroatoms. The van der Waals surface area contributed by atoms with Gasteiger partial charge in [-0.3, -0.25) is 14.5 Å². The molecule has 5 nitrogen and oxygen atoms in total. The molecule has 0 radical (unpaired) electrons. The summed E-state index contributed by atoms with van der Waals surface area (Å²) in [7, 11) is 0. The number of hydrogen-bond donors (Lipinski definition) is 0. The largest absolute Gasteiger partial charge is 0.494 e. The Bertz CT molecular complexity index is 881. The number of piperazine rings is 1. The van der Waals surface area contributed by atoms with Gasteiger partial charge in [-0.15, -0.1) is 11.8 Å². The van der Waals surface area contributed by atoms with Gasteiger partial charge in [0.05, 0.1) is 12.4 Å². The van der Waals surface area contributed by atoms with Gasteiger partial charge in [0.25, 0.3) is 0 Å². The predicted molar refractivity (Wildman–Crippen MR) is 117 cm³/mol. The quantitative estimate of drug-likeness (QED) is 0.470. The lowest BCUT2D eigenvalue weighted by Crippen LogP contribution is -2.48. The van der Waals surface area contributed by atoms with E-state index in [2.05, 4.69) is 17.0 Å². The summed E-state index contributed by atoms with van der Waals surface area (Å²) in [5.74, 6) is 0.442. The number of Topliss-reactive ketones (excluding diaryl/α,β-unsaturated/α-hetero) is 1. The van der Waals surface area contributed by atoms with Crippen LogP contribution in [0, 0.1) is 5.82 Å². The van der Waals surface area contributed by atoms with E-state index in [4.69, 9.17) is 4.74 Å². The van der Waals surface area contributed by atoms with Crippen LogP contribution in [-0.2, 0) is 11.3 Å². The topological polar surface area (TPSA) is 49.9 Å². The molecule has 30 heavy (non-hydrogen) atoms. The van der Waals surface area contributed by atoms with Crippen molar-refractivity contribution in [2.75, 3.05) is 38.5 Å². The van der Waals surface area contributed by atoms with E-state index in [1.165, 1.54) is 30.3 Å². The molecule has 0 saturated carbocycles. The van der Waals surface area contributed by atoms with E-state index < -0.39 is 5.82 Å². The number of ether oxygens (including phenoxy) is 1. The van der Waals surface area contributed by atoms with Crippen molar-refractivity contribution in [1.82, 2.24) is 9.80 Å². The fraction of sp³-hybridized carbons (Fsp3) is 0.391. The zero-order valence-electron chi connectivity index (χ0n) is 17.4. The van der Waals surface area contributed by atoms with Crippen molar-refractivity contribution in [3.63, 3.8) is 0 Å². The van der Waals surface area contributed by atoms with Crippen LogP contribution in [0.2, 0.25) is 0 Å². The number of ketones is 1. The molecule has 0 aromatic heterocycles. The summed E-state index contributed by atoms with van der Waals surface area (Å²) in [5, 5.41) is 0. The summed E-state index contributed by atoms with van der Waals surface area (Å²) in [6.07, 6.45) is 0. The lowest BCUT2D eigenvalue weighted by molar-refractivity contribution is -0.130. The molecule has 1 saturated heterocycles. The number of rotatable bonds is 8. The summed E-state index contributed by atoms with van der Waals surface area (Å²) >= 11 is 1.17. The number of carbonyl (C=O) groups excluding carboxylic acids is 2. The van der Waals surface area contributed by atoms with Crippen LogP contribution in [0.1, 0.15) is 29.8 Å². The number of halogens is 1. The van der Waals surface area contributed by atoms with Crippen LogP contribution in [0.15, 0.2) is 47.4 Å². The molecule has 0 spiro atoms. The molecule has 1 fully saturated rings. The van der Waals surface area contributed by atoms with Gasteiger partial charge in [0, 0.05) is 43.2 Å². The molecule has 0 atom stereocenters. The zero-order chi connectivity index (χ0) is 21.5. The maximum atomic E-state index is 14.1. The number of hydrogen-bond acceptors (Lipinski definition) is 5. The highest BCUT2D eigenvalue weighted by molar-refractivity contribution is 8.00. The molecule has 2 aromatic carbocycles. The molecular weight excluding hydrogens is 403 g/mol. The summed E-state index contributed by atoms with van der Waals surface area (Å²) in [4.78, 5) is 28.4. The third-order valence-electron chi connectivity index (χ3n) is 5.06. The predicted octanol–water partition coefficient (Wildman–Crippen LogP) is 3.86. The van der Waals surface area contributed by atoms with Crippen molar-refractivity contribution < 1.29 is 18.7 Å². The molecule has 1 aliphatic heterocycles. The third-order valence-corrected chi connectivity index (χ3v) is 6.09. The highest BCUT2D eigenvalue weighted by Crippen LogP contribution is 2.23. The summed E-state index contributed by atoms with van der Waals surface area (Å²) in [5.41, 5.74) is 1.56. The lowest BCUT2D eigenvalue weighted by atomic mass is 10.1. The molecule has 160 valence electrons. The maximum absolute atomic E-state index is 14.1. The monoisotopic (exact) mass is 430 g/mol. The highest BCUT2D eigenvalue weighted by atomic mass is 32.2. The number of amides is 1. The van der Waals surface area contributed by atoms with Crippen molar-refractivity contribution in [2.45, 2.75) is 25.3 Å². The van der Waals surface area contributed by atoms with E-state index in [1.807, 2.05) is 24.0 Å². The van der Waals surface area contributed by atoms with Gasteiger partial charge in [-0.1, -0.05) is 18.2 Å². The van der Waals surface area contributed by atoms with Gasteiger partial charge in [-0.05, 0) is 43.7 Å². The van der Waals surface area contributed by atoms with Crippen molar-refractivity contribution in [1.29, 1.82) is 0 Å². The van der Waals surface area contributed by atoms with Crippen molar-refractivity contribution in [2.24, 2.45) is 0 Å². The van der Waals surface area contributed by atoms with E-state index in [0.717, 1.165) is 25.4 Å². The second kappa shape index (κ2) is 10.6. The first-order chi connectivity index (χ1) is 14.5. The fourth-order valence-electron chi connectivity index (χ4n) is 3.34. The standard InChI is InChI=1S/C23H27FN2O3S/c1-3-29-20-7-4-18(5-8-20)15-25-10-12-26(13-11-25)23(28)16-30-22-9-6-19(17(2)27)14-21(22)24/h4-9,14H,3,10-13,15-16H2,1-2H3. The average molecular weight is 431 g/mol.